The Morgan fingerprint density at radius 3 is 2.72 bits per heavy atom. The molecule has 0 fully saturated rings. The Morgan fingerprint density at radius 2 is 2.11 bits per heavy atom. The highest BCUT2D eigenvalue weighted by Gasteiger charge is 2.20. The zero-order valence-electron chi connectivity index (χ0n) is 10.2. The van der Waals surface area contributed by atoms with Gasteiger partial charge in [0.25, 0.3) is 0 Å². The van der Waals surface area contributed by atoms with Crippen molar-refractivity contribution in [1.82, 2.24) is 15.2 Å². The molecule has 2 aromatic rings. The third-order valence-corrected chi connectivity index (χ3v) is 3.48. The average molecular weight is 262 g/mol. The summed E-state index contributed by atoms with van der Waals surface area (Å²) in [7, 11) is 1.77. The van der Waals surface area contributed by atoms with Crippen molar-refractivity contribution in [3.63, 3.8) is 0 Å². The number of nitrogens with one attached hydrogen (secondary N) is 1. The number of benzene rings is 1. The Morgan fingerprint density at radius 1 is 1.39 bits per heavy atom. The molecule has 0 spiro atoms. The molecule has 2 rings (SSSR count). The topological polar surface area (TPSA) is 61.9 Å². The van der Waals surface area contributed by atoms with E-state index in [1.54, 1.807) is 11.9 Å². The fraction of sp³-hybridized carbons (Fsp3) is 0.250. The van der Waals surface area contributed by atoms with Crippen molar-refractivity contribution < 1.29 is 4.79 Å². The van der Waals surface area contributed by atoms with E-state index in [1.165, 1.54) is 18.1 Å². The van der Waals surface area contributed by atoms with Gasteiger partial charge in [-0.25, -0.2) is 4.98 Å². The third kappa shape index (κ3) is 2.89. The molecule has 1 atom stereocenters. The van der Waals surface area contributed by atoms with Gasteiger partial charge < -0.3 is 4.90 Å². The predicted octanol–water partition coefficient (Wildman–Crippen LogP) is 1.95. The minimum absolute atomic E-state index is 0.0302. The van der Waals surface area contributed by atoms with Crippen LogP contribution >= 0.6 is 11.8 Å². The van der Waals surface area contributed by atoms with E-state index in [9.17, 15) is 4.79 Å². The quantitative estimate of drug-likeness (QED) is 0.855. The molecular weight excluding hydrogens is 248 g/mol. The molecule has 0 bridgehead atoms. The largest absolute Gasteiger partial charge is 0.315 e. The summed E-state index contributed by atoms with van der Waals surface area (Å²) in [6.45, 7) is 1.86. The van der Waals surface area contributed by atoms with Crippen molar-refractivity contribution in [3.8, 4) is 0 Å². The number of aromatic nitrogens is 3. The number of hydrogen-bond donors (Lipinski definition) is 1. The Hall–Kier alpha value is -1.82. The number of amides is 1. The Labute approximate surface area is 110 Å². The first-order valence-electron chi connectivity index (χ1n) is 5.53. The van der Waals surface area contributed by atoms with E-state index in [0.29, 0.717) is 5.16 Å². The van der Waals surface area contributed by atoms with E-state index < -0.39 is 0 Å². The lowest BCUT2D eigenvalue weighted by Crippen LogP contribution is -2.33. The van der Waals surface area contributed by atoms with Crippen LogP contribution in [0.25, 0.3) is 0 Å². The van der Waals surface area contributed by atoms with E-state index >= 15 is 0 Å². The van der Waals surface area contributed by atoms with Crippen LogP contribution < -0.4 is 4.90 Å². The molecular formula is C12H14N4OS. The maximum absolute atomic E-state index is 12.2. The van der Waals surface area contributed by atoms with Gasteiger partial charge in [-0.1, -0.05) is 30.0 Å². The molecule has 1 amide bonds. The second-order valence-electron chi connectivity index (χ2n) is 3.78. The number of aromatic amines is 1. The SMILES string of the molecule is C[C@H](Sc1ncn[nH]1)C(=O)N(C)c1ccccc1. The van der Waals surface area contributed by atoms with Crippen LogP contribution in [-0.4, -0.2) is 33.4 Å². The second kappa shape index (κ2) is 5.68. The van der Waals surface area contributed by atoms with Gasteiger partial charge in [-0.3, -0.25) is 9.89 Å². The molecule has 0 unspecified atom stereocenters. The molecule has 18 heavy (non-hydrogen) atoms. The Balaban J connectivity index is 2.02. The summed E-state index contributed by atoms with van der Waals surface area (Å²) < 4.78 is 0. The number of hydrogen-bond acceptors (Lipinski definition) is 4. The van der Waals surface area contributed by atoms with Gasteiger partial charge in [-0.15, -0.1) is 0 Å². The van der Waals surface area contributed by atoms with Gasteiger partial charge in [0.1, 0.15) is 6.33 Å². The fourth-order valence-electron chi connectivity index (χ4n) is 1.52. The molecule has 0 aliphatic rings. The van der Waals surface area contributed by atoms with Crippen LogP contribution in [0.2, 0.25) is 0 Å². The van der Waals surface area contributed by atoms with Crippen molar-refractivity contribution in [3.05, 3.63) is 36.7 Å². The van der Waals surface area contributed by atoms with Crippen LogP contribution in [0.4, 0.5) is 5.69 Å². The Bertz CT molecular complexity index is 500. The highest BCUT2D eigenvalue weighted by atomic mass is 32.2. The lowest BCUT2D eigenvalue weighted by molar-refractivity contribution is -0.117. The van der Waals surface area contributed by atoms with Crippen molar-refractivity contribution in [2.75, 3.05) is 11.9 Å². The maximum Gasteiger partial charge on any atom is 0.240 e. The molecule has 1 aromatic carbocycles. The van der Waals surface area contributed by atoms with Crippen molar-refractivity contribution in [2.45, 2.75) is 17.3 Å². The number of carbonyl (C=O) groups is 1. The molecule has 6 heteroatoms. The third-order valence-electron chi connectivity index (χ3n) is 2.50. The summed E-state index contributed by atoms with van der Waals surface area (Å²) in [6, 6.07) is 9.56. The van der Waals surface area contributed by atoms with Gasteiger partial charge in [-0.05, 0) is 19.1 Å². The zero-order valence-corrected chi connectivity index (χ0v) is 11.0. The van der Waals surface area contributed by atoms with E-state index in [2.05, 4.69) is 15.2 Å². The van der Waals surface area contributed by atoms with Gasteiger partial charge in [-0.2, -0.15) is 5.10 Å². The normalized spacial score (nSPS) is 12.1. The molecule has 94 valence electrons. The second-order valence-corrected chi connectivity index (χ2v) is 5.11. The smallest absolute Gasteiger partial charge is 0.240 e. The summed E-state index contributed by atoms with van der Waals surface area (Å²) in [5.41, 5.74) is 0.882. The summed E-state index contributed by atoms with van der Waals surface area (Å²) in [5, 5.41) is 6.92. The molecule has 1 N–H and O–H groups in total. The van der Waals surface area contributed by atoms with Crippen molar-refractivity contribution in [1.29, 1.82) is 0 Å². The van der Waals surface area contributed by atoms with Gasteiger partial charge >= 0.3 is 0 Å². The number of rotatable bonds is 4. The highest BCUT2D eigenvalue weighted by molar-refractivity contribution is 8.00. The van der Waals surface area contributed by atoms with Crippen LogP contribution in [0.5, 0.6) is 0 Å². The van der Waals surface area contributed by atoms with Crippen molar-refractivity contribution in [2.24, 2.45) is 0 Å². The van der Waals surface area contributed by atoms with Gasteiger partial charge in [0.2, 0.25) is 5.91 Å². The minimum Gasteiger partial charge on any atom is -0.315 e. The average Bonchev–Trinajstić information content (AvgIpc) is 2.91. The van der Waals surface area contributed by atoms with E-state index in [1.807, 2.05) is 37.3 Å². The van der Waals surface area contributed by atoms with Crippen molar-refractivity contribution >= 4 is 23.4 Å². The van der Waals surface area contributed by atoms with Gasteiger partial charge in [0.15, 0.2) is 5.16 Å². The Kier molecular flexibility index (Phi) is 3.99. The number of carbonyl (C=O) groups excluding carboxylic acids is 1. The van der Waals surface area contributed by atoms with E-state index in [0.717, 1.165) is 5.69 Å². The lowest BCUT2D eigenvalue weighted by Gasteiger charge is -2.20. The number of nitrogens with zero attached hydrogens (tertiary/aromatic N) is 3. The van der Waals surface area contributed by atoms with Crippen LogP contribution in [0.15, 0.2) is 41.8 Å². The lowest BCUT2D eigenvalue weighted by atomic mass is 10.3. The molecule has 0 saturated heterocycles. The van der Waals surface area contributed by atoms with Crippen LogP contribution in [0.3, 0.4) is 0 Å². The van der Waals surface area contributed by atoms with Gasteiger partial charge in [0.05, 0.1) is 5.25 Å². The molecule has 5 nitrogen and oxygen atoms in total. The molecule has 0 radical (unpaired) electrons. The fourth-order valence-corrected chi connectivity index (χ4v) is 2.33. The first-order chi connectivity index (χ1) is 8.68. The van der Waals surface area contributed by atoms with Gasteiger partial charge in [0, 0.05) is 12.7 Å². The summed E-state index contributed by atoms with van der Waals surface area (Å²) in [4.78, 5) is 17.9. The first-order valence-corrected chi connectivity index (χ1v) is 6.41. The molecule has 1 aromatic heterocycles. The standard InChI is InChI=1S/C12H14N4OS/c1-9(18-12-13-8-14-15-12)11(17)16(2)10-6-4-3-5-7-10/h3-9H,1-2H3,(H,13,14,15)/t9-/m0/s1. The monoisotopic (exact) mass is 262 g/mol. The van der Waals surface area contributed by atoms with E-state index in [4.69, 9.17) is 0 Å². The predicted molar refractivity (Wildman–Crippen MR) is 71.6 cm³/mol. The summed E-state index contributed by atoms with van der Waals surface area (Å²) >= 11 is 1.36. The minimum atomic E-state index is -0.219. The summed E-state index contributed by atoms with van der Waals surface area (Å²) in [5.74, 6) is 0.0302. The number of para-hydroxylation sites is 1. The van der Waals surface area contributed by atoms with Crippen LogP contribution in [0.1, 0.15) is 6.92 Å². The van der Waals surface area contributed by atoms with Crippen LogP contribution in [-0.2, 0) is 4.79 Å². The number of anilines is 1. The highest BCUT2D eigenvalue weighted by Crippen LogP contribution is 2.22. The number of H-pyrrole nitrogens is 1. The molecule has 0 saturated carbocycles. The molecule has 1 heterocycles. The van der Waals surface area contributed by atoms with Crippen LogP contribution in [0, 0.1) is 0 Å². The maximum atomic E-state index is 12.2. The zero-order chi connectivity index (χ0) is 13.0. The first kappa shape index (κ1) is 12.6. The van der Waals surface area contributed by atoms with E-state index in [-0.39, 0.29) is 11.2 Å². The molecule has 0 aliphatic carbocycles. The number of thioether (sulfide) groups is 1. The summed E-state index contributed by atoms with van der Waals surface area (Å²) in [6.07, 6.45) is 1.43. The molecule has 0 aliphatic heterocycles.